The third kappa shape index (κ3) is 6.81. The van der Waals surface area contributed by atoms with Crippen LogP contribution < -0.4 is 33.7 Å². The maximum Gasteiger partial charge on any atom is 0.134 e. The number of hydrogen-bond donors (Lipinski definition) is 0. The van der Waals surface area contributed by atoms with Crippen molar-refractivity contribution in [3.63, 3.8) is 0 Å². The van der Waals surface area contributed by atoms with Gasteiger partial charge in [0.25, 0.3) is 0 Å². The van der Waals surface area contributed by atoms with Crippen molar-refractivity contribution in [3.8, 4) is 56.8 Å². The summed E-state index contributed by atoms with van der Waals surface area (Å²) in [5.74, 6) is 4.40. The first kappa shape index (κ1) is 33.9. The molecule has 0 radical (unpaired) electrons. The molecule has 6 rings (SSSR count). The highest BCUT2D eigenvalue weighted by Crippen LogP contribution is 2.69. The SMILES string of the molecule is COc1cc(OC)cc(C2CC(=O)CC(c3cc(OC)cc(OC)c3)P2c2c(-c3ccccc3OC)cccc2-c2ccccc2OC)c1. The summed E-state index contributed by atoms with van der Waals surface area (Å²) in [6.07, 6.45) is 0.733. The number of rotatable bonds is 11. The van der Waals surface area contributed by atoms with E-state index in [0.717, 1.165) is 50.2 Å². The van der Waals surface area contributed by atoms with E-state index in [4.69, 9.17) is 28.4 Å². The summed E-state index contributed by atoms with van der Waals surface area (Å²) in [7, 11) is 8.77. The second kappa shape index (κ2) is 15.0. The van der Waals surface area contributed by atoms with Gasteiger partial charge in [0.2, 0.25) is 0 Å². The van der Waals surface area contributed by atoms with Gasteiger partial charge in [-0.3, -0.25) is 4.79 Å². The Morgan fingerprint density at radius 2 is 0.837 bits per heavy atom. The highest BCUT2D eigenvalue weighted by atomic mass is 31.1. The minimum absolute atomic E-state index is 0.186. The van der Waals surface area contributed by atoms with E-state index in [1.807, 2.05) is 72.8 Å². The Bertz CT molecular complexity index is 1780. The molecular formula is C41H41O7P. The number of hydrogen-bond acceptors (Lipinski definition) is 7. The van der Waals surface area contributed by atoms with E-state index in [9.17, 15) is 4.79 Å². The topological polar surface area (TPSA) is 72.5 Å². The van der Waals surface area contributed by atoms with Crippen LogP contribution in [0.25, 0.3) is 22.3 Å². The molecule has 0 aromatic heterocycles. The highest BCUT2D eigenvalue weighted by Gasteiger charge is 2.42. The van der Waals surface area contributed by atoms with E-state index in [1.54, 1.807) is 42.7 Å². The Labute approximate surface area is 289 Å². The molecule has 2 atom stereocenters. The van der Waals surface area contributed by atoms with Gasteiger partial charge in [0, 0.05) is 47.4 Å². The van der Waals surface area contributed by atoms with Gasteiger partial charge in [-0.1, -0.05) is 62.5 Å². The first-order valence-corrected chi connectivity index (χ1v) is 17.6. The van der Waals surface area contributed by atoms with Crippen molar-refractivity contribution >= 4 is 19.0 Å². The Morgan fingerprint density at radius 3 is 1.20 bits per heavy atom. The number of benzene rings is 5. The summed E-state index contributed by atoms with van der Waals surface area (Å²) < 4.78 is 34.9. The number of carbonyl (C=O) groups excluding carboxylic acids is 1. The lowest BCUT2D eigenvalue weighted by Gasteiger charge is -2.41. The summed E-state index contributed by atoms with van der Waals surface area (Å²) in [4.78, 5) is 14.0. The Morgan fingerprint density at radius 1 is 0.469 bits per heavy atom. The van der Waals surface area contributed by atoms with Gasteiger partial charge in [-0.15, -0.1) is 0 Å². The fourth-order valence-corrected chi connectivity index (χ4v) is 10.6. The molecule has 8 heteroatoms. The van der Waals surface area contributed by atoms with Crippen molar-refractivity contribution in [1.29, 1.82) is 0 Å². The Kier molecular flexibility index (Phi) is 10.4. The van der Waals surface area contributed by atoms with Gasteiger partial charge >= 0.3 is 0 Å². The molecule has 1 aliphatic heterocycles. The molecule has 0 saturated carbocycles. The molecule has 1 saturated heterocycles. The number of carbonyl (C=O) groups is 1. The van der Waals surface area contributed by atoms with Crippen molar-refractivity contribution in [2.45, 2.75) is 24.2 Å². The lowest BCUT2D eigenvalue weighted by molar-refractivity contribution is -0.119. The van der Waals surface area contributed by atoms with Crippen LogP contribution in [0, 0.1) is 0 Å². The summed E-state index contributed by atoms with van der Waals surface area (Å²) in [6.45, 7) is 0. The first-order valence-electron chi connectivity index (χ1n) is 16.1. The van der Waals surface area contributed by atoms with Crippen molar-refractivity contribution in [3.05, 3.63) is 114 Å². The molecule has 0 spiro atoms. The second-order valence-electron chi connectivity index (χ2n) is 11.8. The summed E-state index contributed by atoms with van der Waals surface area (Å²) in [5, 5.41) is 1.15. The normalized spacial score (nSPS) is 17.3. The minimum Gasteiger partial charge on any atom is -0.497 e. The van der Waals surface area contributed by atoms with Crippen LogP contribution in [0.1, 0.15) is 35.3 Å². The lowest BCUT2D eigenvalue weighted by Crippen LogP contribution is -2.26. The van der Waals surface area contributed by atoms with Crippen LogP contribution in [-0.4, -0.2) is 48.4 Å². The zero-order valence-corrected chi connectivity index (χ0v) is 29.6. The van der Waals surface area contributed by atoms with Gasteiger partial charge in [0.05, 0.1) is 42.7 Å². The van der Waals surface area contributed by atoms with Crippen LogP contribution in [0.15, 0.2) is 103 Å². The van der Waals surface area contributed by atoms with E-state index in [0.29, 0.717) is 35.8 Å². The molecule has 1 fully saturated rings. The second-order valence-corrected chi connectivity index (χ2v) is 14.3. The monoisotopic (exact) mass is 676 g/mol. The van der Waals surface area contributed by atoms with Crippen molar-refractivity contribution in [2.75, 3.05) is 42.7 Å². The molecule has 7 nitrogen and oxygen atoms in total. The van der Waals surface area contributed by atoms with Crippen LogP contribution in [0.5, 0.6) is 34.5 Å². The van der Waals surface area contributed by atoms with E-state index < -0.39 is 7.92 Å². The largest absolute Gasteiger partial charge is 0.497 e. The van der Waals surface area contributed by atoms with Crippen LogP contribution in [0.3, 0.4) is 0 Å². The number of methoxy groups -OCH3 is 6. The van der Waals surface area contributed by atoms with E-state index in [1.165, 1.54) is 0 Å². The molecule has 252 valence electrons. The molecule has 5 aromatic carbocycles. The zero-order valence-electron chi connectivity index (χ0n) is 28.7. The summed E-state index contributed by atoms with van der Waals surface area (Å²) in [6, 6.07) is 34.5. The first-order chi connectivity index (χ1) is 23.9. The third-order valence-electron chi connectivity index (χ3n) is 9.12. The summed E-state index contributed by atoms with van der Waals surface area (Å²) in [5.41, 5.74) is 5.62. The molecule has 0 amide bonds. The van der Waals surface area contributed by atoms with Crippen LogP contribution >= 0.6 is 7.92 Å². The standard InChI is InChI=1S/C41H41O7P/c1-43-29-18-26(19-30(24-29)44-2)39-22-28(42)23-40(27-20-31(45-3)25-32(21-27)46-4)49(39)41-35(33-12-7-9-16-37(33)47-5)14-11-15-36(41)34-13-8-10-17-38(34)48-6/h7-21,24-25,39-40H,22-23H2,1-6H3. The van der Waals surface area contributed by atoms with Gasteiger partial charge in [-0.2, -0.15) is 0 Å². The average Bonchev–Trinajstić information content (AvgIpc) is 3.16. The van der Waals surface area contributed by atoms with Gasteiger partial charge in [0.1, 0.15) is 40.3 Å². The Balaban J connectivity index is 1.74. The van der Waals surface area contributed by atoms with Crippen molar-refractivity contribution in [2.24, 2.45) is 0 Å². The molecule has 49 heavy (non-hydrogen) atoms. The van der Waals surface area contributed by atoms with Crippen LogP contribution in [-0.2, 0) is 4.79 Å². The maximum atomic E-state index is 14.0. The third-order valence-corrected chi connectivity index (χ3v) is 12.4. The van der Waals surface area contributed by atoms with Gasteiger partial charge in [0.15, 0.2) is 0 Å². The fourth-order valence-electron chi connectivity index (χ4n) is 6.83. The van der Waals surface area contributed by atoms with E-state index in [-0.39, 0.29) is 17.1 Å². The van der Waals surface area contributed by atoms with Gasteiger partial charge in [-0.05, 0) is 64.0 Å². The summed E-state index contributed by atoms with van der Waals surface area (Å²) >= 11 is 0. The number of Topliss-reactive ketones (excluding diaryl/α,β-unsaturated/α-hetero) is 1. The molecule has 0 aliphatic carbocycles. The Hall–Kier alpha value is -5.00. The minimum atomic E-state index is -1.22. The molecule has 0 bridgehead atoms. The molecule has 1 aliphatic rings. The van der Waals surface area contributed by atoms with E-state index in [2.05, 4.69) is 30.3 Å². The molecule has 5 aromatic rings. The average molecular weight is 677 g/mol. The highest BCUT2D eigenvalue weighted by molar-refractivity contribution is 7.67. The zero-order chi connectivity index (χ0) is 34.5. The molecular weight excluding hydrogens is 635 g/mol. The predicted molar refractivity (Wildman–Crippen MR) is 196 cm³/mol. The quantitative estimate of drug-likeness (QED) is 0.129. The van der Waals surface area contributed by atoms with Gasteiger partial charge in [-0.25, -0.2) is 0 Å². The molecule has 0 N–H and O–H groups in total. The predicted octanol–water partition coefficient (Wildman–Crippen LogP) is 9.02. The number of ketones is 1. The number of para-hydroxylation sites is 2. The van der Waals surface area contributed by atoms with Crippen molar-refractivity contribution in [1.82, 2.24) is 0 Å². The molecule has 2 unspecified atom stereocenters. The van der Waals surface area contributed by atoms with Crippen molar-refractivity contribution < 1.29 is 33.2 Å². The maximum absolute atomic E-state index is 14.0. The number of ether oxygens (including phenoxy) is 6. The fraction of sp³-hybridized carbons (Fsp3) is 0.244. The van der Waals surface area contributed by atoms with Gasteiger partial charge < -0.3 is 28.4 Å². The van der Waals surface area contributed by atoms with E-state index >= 15 is 0 Å². The smallest absolute Gasteiger partial charge is 0.134 e. The van der Waals surface area contributed by atoms with Crippen LogP contribution in [0.4, 0.5) is 0 Å². The molecule has 1 heterocycles. The lowest BCUT2D eigenvalue weighted by atomic mass is 9.97. The van der Waals surface area contributed by atoms with Crippen LogP contribution in [0.2, 0.25) is 0 Å².